The van der Waals surface area contributed by atoms with Crippen LogP contribution in [0.25, 0.3) is 0 Å². The molecule has 0 aromatic carbocycles. The highest BCUT2D eigenvalue weighted by Crippen LogP contribution is 2.35. The fourth-order valence-electron chi connectivity index (χ4n) is 2.03. The second kappa shape index (κ2) is 7.16. The van der Waals surface area contributed by atoms with Crippen molar-refractivity contribution in [3.05, 3.63) is 11.5 Å². The number of carboxylic acid groups (broad SMARTS) is 1. The monoisotopic (exact) mass is 353 g/mol. The lowest BCUT2D eigenvalue weighted by Gasteiger charge is -2.40. The van der Waals surface area contributed by atoms with Gasteiger partial charge in [0.1, 0.15) is 30.5 Å². The maximum absolute atomic E-state index is 11.4. The number of nitrogens with two attached hydrogens (primary N) is 2. The molecule has 6 atom stereocenters. The van der Waals surface area contributed by atoms with Crippen molar-refractivity contribution in [1.82, 2.24) is 0 Å². The summed E-state index contributed by atoms with van der Waals surface area (Å²) in [7, 11) is 0. The van der Waals surface area contributed by atoms with Gasteiger partial charge in [-0.3, -0.25) is 0 Å². The van der Waals surface area contributed by atoms with Crippen molar-refractivity contribution in [3.63, 3.8) is 0 Å². The molecule has 0 aromatic heterocycles. The molecule has 1 heterocycles. The summed E-state index contributed by atoms with van der Waals surface area (Å²) in [6.07, 6.45) is -10.5. The van der Waals surface area contributed by atoms with Gasteiger partial charge in [0.05, 0.1) is 6.61 Å². The Labute approximate surface area is 134 Å². The molecule has 1 rings (SSSR count). The Kier molecular flexibility index (Phi) is 5.94. The third-order valence-corrected chi connectivity index (χ3v) is 3.31. The first-order valence-electron chi connectivity index (χ1n) is 6.47. The predicted octanol–water partition coefficient (Wildman–Crippen LogP) is -4.80. The molecule has 13 heteroatoms. The SMILES string of the molecule is NC(N)=NC1(C(=O)O)O[C@@H]([C@@H](O)[C@H](O)[C@H](O)CO)[C@@H](O)C(O)=C1O. The van der Waals surface area contributed by atoms with E-state index >= 15 is 0 Å². The molecule has 1 unspecified atom stereocenters. The molecule has 12 N–H and O–H groups in total. The first kappa shape index (κ1) is 19.9. The van der Waals surface area contributed by atoms with Crippen LogP contribution in [0.4, 0.5) is 0 Å². The van der Waals surface area contributed by atoms with Gasteiger partial charge in [0.25, 0.3) is 0 Å². The van der Waals surface area contributed by atoms with E-state index in [1.807, 2.05) is 0 Å². The second-order valence-electron chi connectivity index (χ2n) is 4.98. The molecular formula is C11H19N3O10. The molecule has 0 amide bonds. The van der Waals surface area contributed by atoms with Crippen LogP contribution in [0.5, 0.6) is 0 Å². The molecule has 1 aliphatic rings. The first-order valence-corrected chi connectivity index (χ1v) is 6.47. The summed E-state index contributed by atoms with van der Waals surface area (Å²) in [5.41, 5.74) is 7.02. The molecule has 0 bridgehead atoms. The Morgan fingerprint density at radius 2 is 1.83 bits per heavy atom. The van der Waals surface area contributed by atoms with Crippen LogP contribution in [0, 0.1) is 0 Å². The minimum atomic E-state index is -3.10. The predicted molar refractivity (Wildman–Crippen MR) is 74.4 cm³/mol. The minimum Gasteiger partial charge on any atom is -0.506 e. The fourth-order valence-corrected chi connectivity index (χ4v) is 2.03. The van der Waals surface area contributed by atoms with E-state index < -0.39 is 66.3 Å². The summed E-state index contributed by atoms with van der Waals surface area (Å²) >= 11 is 0. The standard InChI is InChI=1S/C11H19N3O10/c12-10(13)14-11(9(22)23)8(21)6(20)5(19)7(24-11)4(18)3(17)2(16)1-15/h2-5,7,15-21H,1H2,(H,22,23)(H4,12,13,14)/t2-,3-,4+,5+,7+,11?/m1/s1. The Hall–Kier alpha value is -2.16. The summed E-state index contributed by atoms with van der Waals surface area (Å²) in [6.45, 7) is -0.980. The molecule has 24 heavy (non-hydrogen) atoms. The van der Waals surface area contributed by atoms with Crippen LogP contribution in [0.3, 0.4) is 0 Å². The normalized spacial score (nSPS) is 31.2. The number of aliphatic hydroxyl groups is 7. The number of nitrogens with zero attached hydrogens (tertiary/aromatic N) is 1. The lowest BCUT2D eigenvalue weighted by molar-refractivity contribution is -0.220. The number of rotatable bonds is 6. The van der Waals surface area contributed by atoms with Crippen molar-refractivity contribution in [2.45, 2.75) is 36.2 Å². The average molecular weight is 353 g/mol. The maximum Gasteiger partial charge on any atom is 0.368 e. The second-order valence-corrected chi connectivity index (χ2v) is 4.98. The van der Waals surface area contributed by atoms with E-state index in [0.717, 1.165) is 0 Å². The molecule has 1 aliphatic heterocycles. The molecule has 0 aromatic rings. The molecule has 13 nitrogen and oxygen atoms in total. The molecule has 138 valence electrons. The third kappa shape index (κ3) is 3.35. The van der Waals surface area contributed by atoms with Gasteiger partial charge in [-0.25, -0.2) is 4.79 Å². The lowest BCUT2D eigenvalue weighted by atomic mass is 9.93. The van der Waals surface area contributed by atoms with Crippen LogP contribution in [-0.4, -0.2) is 95.6 Å². The van der Waals surface area contributed by atoms with Gasteiger partial charge in [-0.15, -0.1) is 0 Å². The topological polar surface area (TPSA) is 253 Å². The van der Waals surface area contributed by atoms with Crippen molar-refractivity contribution in [3.8, 4) is 0 Å². The first-order chi connectivity index (χ1) is 11.0. The molecular weight excluding hydrogens is 334 g/mol. The smallest absolute Gasteiger partial charge is 0.368 e. The number of carbonyl (C=O) groups is 1. The Bertz CT molecular complexity index is 548. The van der Waals surface area contributed by atoms with E-state index in [4.69, 9.17) is 21.3 Å². The van der Waals surface area contributed by atoms with E-state index in [1.165, 1.54) is 0 Å². The maximum atomic E-state index is 11.4. The molecule has 0 aliphatic carbocycles. The summed E-state index contributed by atoms with van der Waals surface area (Å²) in [5.74, 6) is -5.67. The molecule has 0 fully saturated rings. The quantitative estimate of drug-likeness (QED) is 0.159. The highest BCUT2D eigenvalue weighted by Gasteiger charge is 2.57. The molecule has 0 radical (unpaired) electrons. The lowest BCUT2D eigenvalue weighted by Crippen LogP contribution is -2.60. The Morgan fingerprint density at radius 3 is 2.25 bits per heavy atom. The molecule has 0 saturated heterocycles. The van der Waals surface area contributed by atoms with Gasteiger partial charge in [-0.05, 0) is 0 Å². The Morgan fingerprint density at radius 1 is 1.29 bits per heavy atom. The van der Waals surface area contributed by atoms with Gasteiger partial charge in [0.15, 0.2) is 11.7 Å². The van der Waals surface area contributed by atoms with Crippen LogP contribution in [0.1, 0.15) is 0 Å². The van der Waals surface area contributed by atoms with Crippen molar-refractivity contribution in [1.29, 1.82) is 0 Å². The average Bonchev–Trinajstić information content (AvgIpc) is 2.52. The van der Waals surface area contributed by atoms with Crippen molar-refractivity contribution in [2.75, 3.05) is 6.61 Å². The zero-order chi connectivity index (χ0) is 18.8. The third-order valence-electron chi connectivity index (χ3n) is 3.31. The van der Waals surface area contributed by atoms with E-state index in [9.17, 15) is 40.5 Å². The van der Waals surface area contributed by atoms with Gasteiger partial charge in [0.2, 0.25) is 5.76 Å². The van der Waals surface area contributed by atoms with Gasteiger partial charge in [-0.1, -0.05) is 0 Å². The van der Waals surface area contributed by atoms with Crippen molar-refractivity contribution >= 4 is 11.9 Å². The molecule has 0 saturated carbocycles. The zero-order valence-electron chi connectivity index (χ0n) is 12.1. The van der Waals surface area contributed by atoms with Crippen molar-refractivity contribution in [2.24, 2.45) is 16.5 Å². The van der Waals surface area contributed by atoms with Gasteiger partial charge in [0, 0.05) is 0 Å². The van der Waals surface area contributed by atoms with Crippen LogP contribution < -0.4 is 11.5 Å². The van der Waals surface area contributed by atoms with E-state index in [-0.39, 0.29) is 0 Å². The number of carboxylic acids is 1. The van der Waals surface area contributed by atoms with E-state index in [2.05, 4.69) is 4.99 Å². The number of aliphatic hydroxyl groups excluding tert-OH is 7. The van der Waals surface area contributed by atoms with Crippen LogP contribution in [-0.2, 0) is 9.53 Å². The van der Waals surface area contributed by atoms with Gasteiger partial charge in [-0.2, -0.15) is 4.99 Å². The highest BCUT2D eigenvalue weighted by atomic mass is 16.6. The summed E-state index contributed by atoms with van der Waals surface area (Å²) < 4.78 is 4.85. The van der Waals surface area contributed by atoms with E-state index in [1.54, 1.807) is 0 Å². The highest BCUT2D eigenvalue weighted by molar-refractivity contribution is 5.86. The van der Waals surface area contributed by atoms with Crippen LogP contribution >= 0.6 is 0 Å². The summed E-state index contributed by atoms with van der Waals surface area (Å²) in [4.78, 5) is 14.6. The zero-order valence-corrected chi connectivity index (χ0v) is 12.1. The largest absolute Gasteiger partial charge is 0.506 e. The minimum absolute atomic E-state index is 0.877. The van der Waals surface area contributed by atoms with Crippen molar-refractivity contribution < 1.29 is 50.4 Å². The number of ether oxygens (including phenoxy) is 1. The van der Waals surface area contributed by atoms with E-state index in [0.29, 0.717) is 0 Å². The number of hydrogen-bond acceptors (Lipinski definition) is 10. The summed E-state index contributed by atoms with van der Waals surface area (Å²) in [6, 6.07) is 0. The number of aliphatic carboxylic acids is 1. The van der Waals surface area contributed by atoms with Gasteiger partial charge >= 0.3 is 11.7 Å². The van der Waals surface area contributed by atoms with Gasteiger partial charge < -0.3 is 57.1 Å². The fraction of sp³-hybridized carbons (Fsp3) is 0.636. The van der Waals surface area contributed by atoms with Crippen LogP contribution in [0.2, 0.25) is 0 Å². The number of aliphatic imine (C=N–C) groups is 1. The van der Waals surface area contributed by atoms with Crippen LogP contribution in [0.15, 0.2) is 16.5 Å². The Balaban J connectivity index is 3.38. The number of hydrogen-bond donors (Lipinski definition) is 10. The molecule has 0 spiro atoms. The number of guanidine groups is 1. The summed E-state index contributed by atoms with van der Waals surface area (Å²) in [5, 5.41) is 76.2.